The number of aryl methyl sites for hydroxylation is 1. The van der Waals surface area contributed by atoms with Crippen molar-refractivity contribution in [1.82, 2.24) is 15.1 Å². The number of ether oxygens (including phenoxy) is 2. The number of methoxy groups -OCH3 is 1. The summed E-state index contributed by atoms with van der Waals surface area (Å²) in [6.07, 6.45) is 3.37. The van der Waals surface area contributed by atoms with E-state index in [1.807, 2.05) is 41.2 Å². The van der Waals surface area contributed by atoms with Gasteiger partial charge in [0, 0.05) is 18.5 Å². The van der Waals surface area contributed by atoms with Gasteiger partial charge in [0.25, 0.3) is 0 Å². The van der Waals surface area contributed by atoms with Crippen LogP contribution in [0.1, 0.15) is 12.0 Å². The van der Waals surface area contributed by atoms with Crippen molar-refractivity contribution >= 4 is 16.8 Å². The fourth-order valence-electron chi connectivity index (χ4n) is 3.51. The fraction of sp³-hybridized carbons (Fsp3) is 0.333. The zero-order valence-corrected chi connectivity index (χ0v) is 15.4. The van der Waals surface area contributed by atoms with Crippen LogP contribution >= 0.6 is 0 Å². The number of aromatic nitrogens is 2. The van der Waals surface area contributed by atoms with Crippen LogP contribution in [-0.2, 0) is 17.8 Å². The van der Waals surface area contributed by atoms with Crippen LogP contribution in [0.25, 0.3) is 10.9 Å². The number of carbonyl (C=O) groups excluding carboxylic acids is 1. The number of carbonyl (C=O) groups is 1. The molecule has 2 heterocycles. The van der Waals surface area contributed by atoms with Crippen molar-refractivity contribution < 1.29 is 14.3 Å². The van der Waals surface area contributed by atoms with E-state index in [0.29, 0.717) is 19.6 Å². The molecule has 1 aliphatic heterocycles. The first-order chi connectivity index (χ1) is 13.3. The Balaban J connectivity index is 1.29. The monoisotopic (exact) mass is 365 g/mol. The van der Waals surface area contributed by atoms with Gasteiger partial charge in [-0.15, -0.1) is 0 Å². The number of nitrogens with zero attached hydrogens (tertiary/aromatic N) is 2. The van der Waals surface area contributed by atoms with E-state index >= 15 is 0 Å². The highest BCUT2D eigenvalue weighted by molar-refractivity contribution is 5.80. The molecule has 1 aliphatic rings. The number of benzene rings is 2. The molecule has 6 heteroatoms. The van der Waals surface area contributed by atoms with E-state index in [1.54, 1.807) is 7.11 Å². The third kappa shape index (κ3) is 3.60. The predicted octanol–water partition coefficient (Wildman–Crippen LogP) is 2.80. The lowest BCUT2D eigenvalue weighted by atomic mass is 9.95. The maximum absolute atomic E-state index is 12.5. The lowest BCUT2D eigenvalue weighted by Gasteiger charge is -2.25. The molecular formula is C21H23N3O3. The van der Waals surface area contributed by atoms with E-state index in [0.717, 1.165) is 40.9 Å². The third-order valence-corrected chi connectivity index (χ3v) is 4.94. The highest BCUT2D eigenvalue weighted by atomic mass is 16.5. The summed E-state index contributed by atoms with van der Waals surface area (Å²) in [5.74, 6) is 1.34. The number of hydrogen-bond acceptors (Lipinski definition) is 4. The van der Waals surface area contributed by atoms with E-state index in [4.69, 9.17) is 9.47 Å². The summed E-state index contributed by atoms with van der Waals surface area (Å²) in [6, 6.07) is 13.9. The van der Waals surface area contributed by atoms with E-state index in [2.05, 4.69) is 22.5 Å². The average molecular weight is 365 g/mol. The zero-order chi connectivity index (χ0) is 18.6. The summed E-state index contributed by atoms with van der Waals surface area (Å²) in [5, 5.41) is 8.58. The lowest BCUT2D eigenvalue weighted by molar-refractivity contribution is -0.126. The van der Waals surface area contributed by atoms with E-state index < -0.39 is 0 Å². The molecule has 6 nitrogen and oxygen atoms in total. The Hall–Kier alpha value is -3.02. The predicted molar refractivity (Wildman–Crippen MR) is 103 cm³/mol. The number of para-hydroxylation sites is 2. The SMILES string of the molecule is COc1cccc2c1OC[C@@H](C(=O)NCCCn1ncc3ccccc31)C2. The van der Waals surface area contributed by atoms with Gasteiger partial charge < -0.3 is 14.8 Å². The smallest absolute Gasteiger partial charge is 0.226 e. The minimum Gasteiger partial charge on any atom is -0.493 e. The molecule has 1 aromatic heterocycles. The van der Waals surface area contributed by atoms with Gasteiger partial charge in [0.2, 0.25) is 5.91 Å². The molecular weight excluding hydrogens is 342 g/mol. The van der Waals surface area contributed by atoms with Crippen LogP contribution in [0.15, 0.2) is 48.7 Å². The molecule has 1 atom stereocenters. The van der Waals surface area contributed by atoms with Gasteiger partial charge in [0.1, 0.15) is 6.61 Å². The molecule has 27 heavy (non-hydrogen) atoms. The van der Waals surface area contributed by atoms with Crippen molar-refractivity contribution in [2.24, 2.45) is 5.92 Å². The number of nitrogens with one attached hydrogen (secondary N) is 1. The molecule has 0 fully saturated rings. The van der Waals surface area contributed by atoms with E-state index in [-0.39, 0.29) is 11.8 Å². The Labute approximate surface area is 158 Å². The standard InChI is InChI=1S/C21H23N3O3/c1-26-19-9-4-7-15-12-17(14-27-20(15)19)21(25)22-10-5-11-24-18-8-3-2-6-16(18)13-23-24/h2-4,6-9,13,17H,5,10-12,14H2,1H3,(H,22,25)/t17-/m0/s1. The average Bonchev–Trinajstić information content (AvgIpc) is 3.13. The Morgan fingerprint density at radius 1 is 1.30 bits per heavy atom. The normalized spacial score (nSPS) is 15.8. The molecule has 4 rings (SSSR count). The Morgan fingerprint density at radius 2 is 2.19 bits per heavy atom. The molecule has 0 saturated carbocycles. The van der Waals surface area contributed by atoms with Crippen LogP contribution in [0.2, 0.25) is 0 Å². The molecule has 0 unspecified atom stereocenters. The van der Waals surface area contributed by atoms with Gasteiger partial charge in [-0.1, -0.05) is 30.3 Å². The summed E-state index contributed by atoms with van der Waals surface area (Å²) in [6.45, 7) is 1.77. The first kappa shape index (κ1) is 17.4. The summed E-state index contributed by atoms with van der Waals surface area (Å²) in [7, 11) is 1.63. The molecule has 3 aromatic rings. The van der Waals surface area contributed by atoms with Gasteiger partial charge >= 0.3 is 0 Å². The maximum Gasteiger partial charge on any atom is 0.226 e. The number of fused-ring (bicyclic) bond motifs is 2. The van der Waals surface area contributed by atoms with Crippen LogP contribution in [0.4, 0.5) is 0 Å². The Bertz CT molecular complexity index is 951. The van der Waals surface area contributed by atoms with Gasteiger partial charge in [-0.05, 0) is 30.5 Å². The Kier molecular flexibility index (Phi) is 4.96. The molecule has 140 valence electrons. The molecule has 0 aliphatic carbocycles. The summed E-state index contributed by atoms with van der Waals surface area (Å²) in [5.41, 5.74) is 2.14. The zero-order valence-electron chi connectivity index (χ0n) is 15.4. The summed E-state index contributed by atoms with van der Waals surface area (Å²) < 4.78 is 13.1. The molecule has 0 bridgehead atoms. The van der Waals surface area contributed by atoms with Crippen LogP contribution < -0.4 is 14.8 Å². The second-order valence-electron chi connectivity index (χ2n) is 6.73. The van der Waals surface area contributed by atoms with E-state index in [1.165, 1.54) is 0 Å². The lowest BCUT2D eigenvalue weighted by Crippen LogP contribution is -2.38. The highest BCUT2D eigenvalue weighted by Crippen LogP contribution is 2.36. The van der Waals surface area contributed by atoms with E-state index in [9.17, 15) is 4.79 Å². The minimum absolute atomic E-state index is 0.0359. The van der Waals surface area contributed by atoms with Crippen LogP contribution in [0.5, 0.6) is 11.5 Å². The van der Waals surface area contributed by atoms with Crippen molar-refractivity contribution in [3.05, 3.63) is 54.2 Å². The topological polar surface area (TPSA) is 65.4 Å². The first-order valence-electron chi connectivity index (χ1n) is 9.23. The van der Waals surface area contributed by atoms with Gasteiger partial charge in [-0.2, -0.15) is 5.10 Å². The second kappa shape index (κ2) is 7.70. The van der Waals surface area contributed by atoms with Crippen molar-refractivity contribution in [2.75, 3.05) is 20.3 Å². The largest absolute Gasteiger partial charge is 0.493 e. The van der Waals surface area contributed by atoms with Crippen molar-refractivity contribution in [2.45, 2.75) is 19.4 Å². The van der Waals surface area contributed by atoms with Crippen molar-refractivity contribution in [3.8, 4) is 11.5 Å². The van der Waals surface area contributed by atoms with Crippen LogP contribution in [-0.4, -0.2) is 35.9 Å². The second-order valence-corrected chi connectivity index (χ2v) is 6.73. The molecule has 1 amide bonds. The third-order valence-electron chi connectivity index (χ3n) is 4.94. The minimum atomic E-state index is -0.171. The summed E-state index contributed by atoms with van der Waals surface area (Å²) in [4.78, 5) is 12.5. The maximum atomic E-state index is 12.5. The van der Waals surface area contributed by atoms with Gasteiger partial charge in [0.15, 0.2) is 11.5 Å². The number of amides is 1. The van der Waals surface area contributed by atoms with Gasteiger partial charge in [-0.3, -0.25) is 9.48 Å². The first-order valence-corrected chi connectivity index (χ1v) is 9.23. The molecule has 0 radical (unpaired) electrons. The van der Waals surface area contributed by atoms with Crippen LogP contribution in [0.3, 0.4) is 0 Å². The number of hydrogen-bond donors (Lipinski definition) is 1. The Morgan fingerprint density at radius 3 is 3.07 bits per heavy atom. The highest BCUT2D eigenvalue weighted by Gasteiger charge is 2.27. The fourth-order valence-corrected chi connectivity index (χ4v) is 3.51. The summed E-state index contributed by atoms with van der Waals surface area (Å²) >= 11 is 0. The molecule has 2 aromatic carbocycles. The molecule has 1 N–H and O–H groups in total. The quantitative estimate of drug-likeness (QED) is 0.682. The number of rotatable bonds is 6. The van der Waals surface area contributed by atoms with Crippen molar-refractivity contribution in [1.29, 1.82) is 0 Å². The molecule has 0 spiro atoms. The van der Waals surface area contributed by atoms with Crippen LogP contribution in [0, 0.1) is 5.92 Å². The van der Waals surface area contributed by atoms with Gasteiger partial charge in [-0.25, -0.2) is 0 Å². The molecule has 0 saturated heterocycles. The van der Waals surface area contributed by atoms with Crippen molar-refractivity contribution in [3.63, 3.8) is 0 Å². The van der Waals surface area contributed by atoms with Gasteiger partial charge in [0.05, 0.1) is 24.7 Å².